The van der Waals surface area contributed by atoms with E-state index in [4.69, 9.17) is 4.74 Å². The molecule has 0 aliphatic rings. The molecule has 6 nitrogen and oxygen atoms in total. The highest BCUT2D eigenvalue weighted by Gasteiger charge is 2.16. The number of methoxy groups -OCH3 is 1. The summed E-state index contributed by atoms with van der Waals surface area (Å²) in [6, 6.07) is 0. The molecule has 1 aromatic rings. The zero-order chi connectivity index (χ0) is 14.8. The Bertz CT molecular complexity index is 425. The molecule has 0 aliphatic carbocycles. The van der Waals surface area contributed by atoms with Gasteiger partial charge in [0, 0.05) is 26.8 Å². The van der Waals surface area contributed by atoms with Crippen molar-refractivity contribution in [3.63, 3.8) is 0 Å². The molecule has 1 aromatic heterocycles. The maximum atomic E-state index is 11.8. The summed E-state index contributed by atoms with van der Waals surface area (Å²) in [6.45, 7) is 7.40. The number of nitrogens with one attached hydrogen (secondary N) is 2. The van der Waals surface area contributed by atoms with Crippen LogP contribution < -0.4 is 10.6 Å². The van der Waals surface area contributed by atoms with E-state index >= 15 is 0 Å². The van der Waals surface area contributed by atoms with Crippen LogP contribution in [0.5, 0.6) is 0 Å². The zero-order valence-corrected chi connectivity index (χ0v) is 13.4. The number of hydrogen-bond donors (Lipinski definition) is 2. The molecule has 1 atom stereocenters. The molecule has 0 saturated carbocycles. The van der Waals surface area contributed by atoms with Crippen LogP contribution in [0.1, 0.15) is 13.3 Å². The second-order valence-electron chi connectivity index (χ2n) is 3.94. The third kappa shape index (κ3) is 6.36. The Morgan fingerprint density at radius 2 is 2.40 bits per heavy atom. The highest BCUT2D eigenvalue weighted by Crippen LogP contribution is 2.28. The van der Waals surface area contributed by atoms with E-state index in [9.17, 15) is 4.79 Å². The van der Waals surface area contributed by atoms with Crippen molar-refractivity contribution in [1.82, 2.24) is 15.5 Å². The third-order valence-corrected chi connectivity index (χ3v) is 4.34. The summed E-state index contributed by atoms with van der Waals surface area (Å²) in [6.07, 6.45) is 2.57. The number of carbonyl (C=O) groups is 1. The number of ether oxygens (including phenoxy) is 1. The van der Waals surface area contributed by atoms with Crippen LogP contribution in [-0.2, 0) is 9.53 Å². The molecule has 0 saturated heterocycles. The lowest BCUT2D eigenvalue weighted by atomic mass is 10.4. The molecule has 0 fully saturated rings. The monoisotopic (exact) mass is 316 g/mol. The van der Waals surface area contributed by atoms with Gasteiger partial charge in [0.15, 0.2) is 4.34 Å². The summed E-state index contributed by atoms with van der Waals surface area (Å²) in [5, 5.41) is 14.5. The molecule has 0 radical (unpaired) electrons. The van der Waals surface area contributed by atoms with Gasteiger partial charge in [-0.05, 0) is 13.3 Å². The van der Waals surface area contributed by atoms with Crippen molar-refractivity contribution in [2.45, 2.75) is 22.9 Å². The van der Waals surface area contributed by atoms with Crippen molar-refractivity contribution in [1.29, 1.82) is 0 Å². The first-order valence-corrected chi connectivity index (χ1v) is 7.98. The van der Waals surface area contributed by atoms with Crippen molar-refractivity contribution < 1.29 is 9.53 Å². The molecule has 0 bridgehead atoms. The number of hydrogen-bond acceptors (Lipinski definition) is 7. The average Bonchev–Trinajstić information content (AvgIpc) is 2.88. The average molecular weight is 316 g/mol. The summed E-state index contributed by atoms with van der Waals surface area (Å²) in [5.41, 5.74) is 0. The predicted octanol–water partition coefficient (Wildman–Crippen LogP) is 1.77. The van der Waals surface area contributed by atoms with Gasteiger partial charge < -0.3 is 15.4 Å². The van der Waals surface area contributed by atoms with Gasteiger partial charge in [-0.1, -0.05) is 29.2 Å². The first-order chi connectivity index (χ1) is 9.67. The van der Waals surface area contributed by atoms with Crippen LogP contribution in [0.25, 0.3) is 0 Å². The van der Waals surface area contributed by atoms with Gasteiger partial charge in [0.1, 0.15) is 0 Å². The lowest BCUT2D eigenvalue weighted by Gasteiger charge is -2.09. The number of nitrogens with zero attached hydrogens (tertiary/aromatic N) is 2. The largest absolute Gasteiger partial charge is 0.385 e. The first-order valence-electron chi connectivity index (χ1n) is 6.29. The molecule has 0 spiro atoms. The maximum Gasteiger partial charge on any atom is 0.233 e. The topological polar surface area (TPSA) is 76.1 Å². The summed E-state index contributed by atoms with van der Waals surface area (Å²) in [4.78, 5) is 11.8. The van der Waals surface area contributed by atoms with Gasteiger partial charge in [0.25, 0.3) is 0 Å². The Hall–Kier alpha value is -1.12. The molecule has 0 aliphatic heterocycles. The van der Waals surface area contributed by atoms with Crippen LogP contribution in [0.15, 0.2) is 17.0 Å². The van der Waals surface area contributed by atoms with E-state index in [1.54, 1.807) is 13.2 Å². The molecule has 1 unspecified atom stereocenters. The SMILES string of the molecule is C=CCNc1nnc(SC(C)C(=O)NCCCOC)s1. The van der Waals surface area contributed by atoms with E-state index in [0.717, 1.165) is 15.9 Å². The van der Waals surface area contributed by atoms with Gasteiger partial charge in [0.2, 0.25) is 11.0 Å². The molecule has 0 aromatic carbocycles. The molecule has 1 amide bonds. The number of carbonyl (C=O) groups excluding carboxylic acids is 1. The van der Waals surface area contributed by atoms with Gasteiger partial charge in [-0.25, -0.2) is 0 Å². The van der Waals surface area contributed by atoms with Crippen LogP contribution in [-0.4, -0.2) is 48.2 Å². The minimum absolute atomic E-state index is 0.00176. The number of thioether (sulfide) groups is 1. The van der Waals surface area contributed by atoms with E-state index < -0.39 is 0 Å². The highest BCUT2D eigenvalue weighted by atomic mass is 32.2. The lowest BCUT2D eigenvalue weighted by Crippen LogP contribution is -2.32. The highest BCUT2D eigenvalue weighted by molar-refractivity contribution is 8.02. The predicted molar refractivity (Wildman–Crippen MR) is 83.4 cm³/mol. The van der Waals surface area contributed by atoms with Crippen LogP contribution in [0, 0.1) is 0 Å². The van der Waals surface area contributed by atoms with Gasteiger partial charge in [-0.15, -0.1) is 16.8 Å². The van der Waals surface area contributed by atoms with Gasteiger partial charge in [-0.3, -0.25) is 4.79 Å². The minimum atomic E-state index is -0.197. The van der Waals surface area contributed by atoms with E-state index in [-0.39, 0.29) is 11.2 Å². The van der Waals surface area contributed by atoms with Gasteiger partial charge >= 0.3 is 0 Å². The van der Waals surface area contributed by atoms with Crippen molar-refractivity contribution in [2.24, 2.45) is 0 Å². The van der Waals surface area contributed by atoms with Gasteiger partial charge in [0.05, 0.1) is 5.25 Å². The normalized spacial score (nSPS) is 11.9. The van der Waals surface area contributed by atoms with Crippen LogP contribution in [0.3, 0.4) is 0 Å². The van der Waals surface area contributed by atoms with E-state index in [2.05, 4.69) is 27.4 Å². The Labute approximate surface area is 127 Å². The number of amides is 1. The molecule has 8 heteroatoms. The smallest absolute Gasteiger partial charge is 0.233 e. The fraction of sp³-hybridized carbons (Fsp3) is 0.583. The van der Waals surface area contributed by atoms with Crippen molar-refractivity contribution >= 4 is 34.1 Å². The molecule has 1 rings (SSSR count). The quantitative estimate of drug-likeness (QED) is 0.389. The standard InChI is InChI=1S/C12H20N4O2S2/c1-4-6-14-11-15-16-12(20-11)19-9(2)10(17)13-7-5-8-18-3/h4,9H,1,5-8H2,2-3H3,(H,13,17)(H,14,15). The second-order valence-corrected chi connectivity index (χ2v) is 6.51. The molecule has 2 N–H and O–H groups in total. The molecule has 20 heavy (non-hydrogen) atoms. The Kier molecular flexibility index (Phi) is 8.24. The van der Waals surface area contributed by atoms with Crippen molar-refractivity contribution in [2.75, 3.05) is 32.1 Å². The fourth-order valence-corrected chi connectivity index (χ4v) is 3.19. The summed E-state index contributed by atoms with van der Waals surface area (Å²) >= 11 is 2.84. The second kappa shape index (κ2) is 9.73. The number of aromatic nitrogens is 2. The Morgan fingerprint density at radius 1 is 1.60 bits per heavy atom. The molecular weight excluding hydrogens is 296 g/mol. The van der Waals surface area contributed by atoms with E-state index in [1.807, 2.05) is 6.92 Å². The summed E-state index contributed by atoms with van der Waals surface area (Å²) < 4.78 is 5.70. The van der Waals surface area contributed by atoms with Crippen LogP contribution in [0.2, 0.25) is 0 Å². The van der Waals surface area contributed by atoms with E-state index in [0.29, 0.717) is 19.7 Å². The molecule has 1 heterocycles. The van der Waals surface area contributed by atoms with Crippen LogP contribution in [0.4, 0.5) is 5.13 Å². The first kappa shape index (κ1) is 16.9. The van der Waals surface area contributed by atoms with Crippen LogP contribution >= 0.6 is 23.1 Å². The number of rotatable bonds is 10. The molecular formula is C12H20N4O2S2. The minimum Gasteiger partial charge on any atom is -0.385 e. The maximum absolute atomic E-state index is 11.8. The third-order valence-electron chi connectivity index (χ3n) is 2.28. The molecule has 112 valence electrons. The number of anilines is 1. The summed E-state index contributed by atoms with van der Waals surface area (Å²) in [5.74, 6) is 0.00176. The van der Waals surface area contributed by atoms with Crippen molar-refractivity contribution in [3.8, 4) is 0 Å². The Balaban J connectivity index is 2.33. The zero-order valence-electron chi connectivity index (χ0n) is 11.7. The Morgan fingerprint density at radius 3 is 3.10 bits per heavy atom. The fourth-order valence-electron chi connectivity index (χ4n) is 1.26. The van der Waals surface area contributed by atoms with E-state index in [1.165, 1.54) is 23.1 Å². The van der Waals surface area contributed by atoms with Crippen molar-refractivity contribution in [3.05, 3.63) is 12.7 Å². The summed E-state index contributed by atoms with van der Waals surface area (Å²) in [7, 11) is 1.65. The lowest BCUT2D eigenvalue weighted by molar-refractivity contribution is -0.120. The van der Waals surface area contributed by atoms with Gasteiger partial charge in [-0.2, -0.15) is 0 Å².